The zero-order valence-electron chi connectivity index (χ0n) is 7.52. The van der Waals surface area contributed by atoms with Crippen LogP contribution in [0.1, 0.15) is 25.7 Å². The van der Waals surface area contributed by atoms with Crippen LogP contribution in [-0.4, -0.2) is 12.8 Å². The van der Waals surface area contributed by atoms with Gasteiger partial charge in [-0.05, 0) is 31.6 Å². The van der Waals surface area contributed by atoms with Crippen molar-refractivity contribution in [1.82, 2.24) is 0 Å². The van der Waals surface area contributed by atoms with Gasteiger partial charge in [0.25, 0.3) is 0 Å². The van der Waals surface area contributed by atoms with E-state index in [1.807, 2.05) is 21.2 Å². The average Bonchev–Trinajstić information content (AvgIpc) is 2.14. The Kier molecular flexibility index (Phi) is 5.33. The summed E-state index contributed by atoms with van der Waals surface area (Å²) in [6.07, 6.45) is -2.18. The molecule has 0 heterocycles. The molecule has 1 rings (SSSR count). The first-order valence-electron chi connectivity index (χ1n) is 4.51. The molecular weight excluding hydrogens is 328 g/mol. The predicted octanol–water partition coefficient (Wildman–Crippen LogP) is 4.37. The number of halogens is 4. The van der Waals surface area contributed by atoms with Crippen LogP contribution in [0.2, 0.25) is 0 Å². The normalized spacial score (nSPS) is 29.1. The zero-order valence-corrected chi connectivity index (χ0v) is 10.5. The van der Waals surface area contributed by atoms with Crippen LogP contribution in [0, 0.1) is 11.8 Å². The molecule has 0 saturated heterocycles. The Morgan fingerprint density at radius 2 is 1.79 bits per heavy atom. The fraction of sp³-hybridized carbons (Fsp3) is 1.00. The van der Waals surface area contributed by atoms with E-state index >= 15 is 0 Å². The van der Waals surface area contributed by atoms with E-state index in [1.165, 1.54) is 9.21 Å². The maximum absolute atomic E-state index is 12.3. The van der Waals surface area contributed by atoms with E-state index in [0.717, 1.165) is 0 Å². The van der Waals surface area contributed by atoms with E-state index in [2.05, 4.69) is 0 Å². The van der Waals surface area contributed by atoms with Crippen molar-refractivity contribution in [3.8, 4) is 0 Å². The van der Waals surface area contributed by atoms with Gasteiger partial charge in [0.15, 0.2) is 0 Å². The quantitative estimate of drug-likeness (QED) is 0.557. The summed E-state index contributed by atoms with van der Waals surface area (Å²) in [6, 6.07) is 0. The molecular formula is C8H12F3IOS. The molecule has 14 heavy (non-hydrogen) atoms. The Balaban J connectivity index is 2.24. The van der Waals surface area contributed by atoms with Gasteiger partial charge in [0.1, 0.15) is 0 Å². The largest absolute Gasteiger partial charge is 0.391 e. The Morgan fingerprint density at radius 3 is 2.21 bits per heavy atom. The standard InChI is InChI=1S/C8H12F3IOS/c9-8(10,11)7-3-1-6(2-4-7)5-13-14-12/h6-7H,1-5H2/t6-,7+. The molecule has 1 aliphatic carbocycles. The van der Waals surface area contributed by atoms with E-state index in [9.17, 15) is 13.2 Å². The minimum atomic E-state index is -4.00. The van der Waals surface area contributed by atoms with Gasteiger partial charge < -0.3 is 4.18 Å². The molecule has 0 aromatic heterocycles. The van der Waals surface area contributed by atoms with Crippen molar-refractivity contribution >= 4 is 30.4 Å². The summed E-state index contributed by atoms with van der Waals surface area (Å²) in [5, 5.41) is 0. The van der Waals surface area contributed by atoms with Crippen LogP contribution in [0.4, 0.5) is 13.2 Å². The lowest BCUT2D eigenvalue weighted by molar-refractivity contribution is -0.184. The zero-order chi connectivity index (χ0) is 10.6. The Bertz CT molecular complexity index is 168. The summed E-state index contributed by atoms with van der Waals surface area (Å²) in [7, 11) is 1.25. The molecule has 1 aliphatic rings. The molecule has 0 aromatic carbocycles. The van der Waals surface area contributed by atoms with Crippen LogP contribution < -0.4 is 0 Å². The summed E-state index contributed by atoms with van der Waals surface area (Å²) < 4.78 is 42.0. The van der Waals surface area contributed by atoms with E-state index in [-0.39, 0.29) is 12.8 Å². The van der Waals surface area contributed by atoms with E-state index in [4.69, 9.17) is 4.18 Å². The van der Waals surface area contributed by atoms with Gasteiger partial charge in [0.2, 0.25) is 0 Å². The molecule has 0 aromatic rings. The van der Waals surface area contributed by atoms with Gasteiger partial charge in [0, 0.05) is 21.2 Å². The van der Waals surface area contributed by atoms with Crippen LogP contribution in [0.15, 0.2) is 0 Å². The summed E-state index contributed by atoms with van der Waals surface area (Å²) >= 11 is 2.01. The van der Waals surface area contributed by atoms with Crippen LogP contribution in [0.5, 0.6) is 0 Å². The number of hydrogen-bond donors (Lipinski definition) is 0. The lowest BCUT2D eigenvalue weighted by atomic mass is 9.82. The maximum Gasteiger partial charge on any atom is 0.391 e. The van der Waals surface area contributed by atoms with Gasteiger partial charge in [-0.25, -0.2) is 0 Å². The summed E-state index contributed by atoms with van der Waals surface area (Å²) in [6.45, 7) is 0.582. The monoisotopic (exact) mass is 340 g/mol. The molecule has 0 bridgehead atoms. The van der Waals surface area contributed by atoms with Crippen molar-refractivity contribution in [2.75, 3.05) is 6.61 Å². The molecule has 0 aliphatic heterocycles. The third-order valence-corrected chi connectivity index (χ3v) is 3.65. The smallest absolute Gasteiger partial charge is 0.305 e. The van der Waals surface area contributed by atoms with Crippen LogP contribution >= 0.6 is 30.4 Å². The minimum Gasteiger partial charge on any atom is -0.305 e. The van der Waals surface area contributed by atoms with Crippen molar-refractivity contribution in [3.63, 3.8) is 0 Å². The molecule has 1 saturated carbocycles. The third-order valence-electron chi connectivity index (χ3n) is 2.66. The second kappa shape index (κ2) is 5.79. The fourth-order valence-corrected chi connectivity index (χ4v) is 2.46. The minimum absolute atomic E-state index is 0.267. The first kappa shape index (κ1) is 12.9. The van der Waals surface area contributed by atoms with Crippen molar-refractivity contribution in [2.45, 2.75) is 31.9 Å². The second-order valence-electron chi connectivity index (χ2n) is 3.61. The highest BCUT2D eigenvalue weighted by molar-refractivity contribution is 14.2. The molecule has 0 unspecified atom stereocenters. The first-order chi connectivity index (χ1) is 6.54. The molecule has 1 fully saturated rings. The fourth-order valence-electron chi connectivity index (χ4n) is 1.78. The lowest BCUT2D eigenvalue weighted by Gasteiger charge is -2.29. The van der Waals surface area contributed by atoms with Crippen molar-refractivity contribution in [1.29, 1.82) is 0 Å². The van der Waals surface area contributed by atoms with E-state index < -0.39 is 12.1 Å². The molecule has 1 nitrogen and oxygen atoms in total. The van der Waals surface area contributed by atoms with Crippen molar-refractivity contribution in [3.05, 3.63) is 0 Å². The van der Waals surface area contributed by atoms with Gasteiger partial charge in [-0.3, -0.25) is 0 Å². The molecule has 84 valence electrons. The molecule has 0 amide bonds. The SMILES string of the molecule is FC(F)(F)[C@H]1CC[C@@H](COSI)CC1. The van der Waals surface area contributed by atoms with Gasteiger partial charge in [-0.1, -0.05) is 0 Å². The van der Waals surface area contributed by atoms with Gasteiger partial charge >= 0.3 is 6.18 Å². The Morgan fingerprint density at radius 1 is 1.21 bits per heavy atom. The van der Waals surface area contributed by atoms with Crippen molar-refractivity contribution < 1.29 is 17.4 Å². The molecule has 0 atom stereocenters. The number of rotatable bonds is 3. The Labute approximate surface area is 97.9 Å². The molecule has 6 heteroatoms. The van der Waals surface area contributed by atoms with Gasteiger partial charge in [-0.15, -0.1) is 0 Å². The van der Waals surface area contributed by atoms with Gasteiger partial charge in [0.05, 0.1) is 21.7 Å². The van der Waals surface area contributed by atoms with Crippen LogP contribution in [0.25, 0.3) is 0 Å². The summed E-state index contributed by atoms with van der Waals surface area (Å²) in [4.78, 5) is 0. The molecule has 0 spiro atoms. The highest BCUT2D eigenvalue weighted by Gasteiger charge is 2.41. The van der Waals surface area contributed by atoms with Gasteiger partial charge in [-0.2, -0.15) is 13.2 Å². The second-order valence-corrected chi connectivity index (χ2v) is 5.05. The van der Waals surface area contributed by atoms with Crippen LogP contribution in [-0.2, 0) is 4.18 Å². The molecule has 0 radical (unpaired) electrons. The van der Waals surface area contributed by atoms with Crippen molar-refractivity contribution in [2.24, 2.45) is 11.8 Å². The predicted molar refractivity (Wildman–Crippen MR) is 59.1 cm³/mol. The topological polar surface area (TPSA) is 9.23 Å². The summed E-state index contributed by atoms with van der Waals surface area (Å²) in [5.74, 6) is -0.762. The Hall–Kier alpha value is 0.830. The van der Waals surface area contributed by atoms with E-state index in [0.29, 0.717) is 25.4 Å². The summed E-state index contributed by atoms with van der Waals surface area (Å²) in [5.41, 5.74) is 0. The van der Waals surface area contributed by atoms with E-state index in [1.54, 1.807) is 0 Å². The highest BCUT2D eigenvalue weighted by atomic mass is 127. The van der Waals surface area contributed by atoms with Crippen LogP contribution in [0.3, 0.4) is 0 Å². The first-order valence-corrected chi connectivity index (χ1v) is 7.79. The third kappa shape index (κ3) is 4.14. The molecule has 0 N–H and O–H groups in total. The maximum atomic E-state index is 12.3. The number of alkyl halides is 3. The average molecular weight is 340 g/mol. The number of hydrogen-bond acceptors (Lipinski definition) is 2. The lowest BCUT2D eigenvalue weighted by Crippen LogP contribution is -2.28. The highest BCUT2D eigenvalue weighted by Crippen LogP contribution is 2.39.